The minimum Gasteiger partial charge on any atom is -0.454 e. The fourth-order valence-corrected chi connectivity index (χ4v) is 5.63. The minimum atomic E-state index is -4.59. The van der Waals surface area contributed by atoms with Gasteiger partial charge in [-0.15, -0.1) is 0 Å². The summed E-state index contributed by atoms with van der Waals surface area (Å²) in [6, 6.07) is 27.9. The molecule has 1 aromatic heterocycles. The van der Waals surface area contributed by atoms with E-state index >= 15 is 4.39 Å². The van der Waals surface area contributed by atoms with Crippen LogP contribution in [0.5, 0.6) is 11.5 Å². The van der Waals surface area contributed by atoms with Crippen LogP contribution < -0.4 is 9.47 Å². The van der Waals surface area contributed by atoms with Gasteiger partial charge < -0.3 is 14.0 Å². The maximum absolute atomic E-state index is 15.1. The molecule has 45 heavy (non-hydrogen) atoms. The highest BCUT2D eigenvalue weighted by molar-refractivity contribution is 5.68. The van der Waals surface area contributed by atoms with Gasteiger partial charge >= 0.3 is 6.18 Å². The first kappa shape index (κ1) is 30.4. The molecule has 0 saturated heterocycles. The van der Waals surface area contributed by atoms with Crippen molar-refractivity contribution in [2.24, 2.45) is 0 Å². The highest BCUT2D eigenvalue weighted by Gasteiger charge is 2.31. The van der Waals surface area contributed by atoms with Gasteiger partial charge in [0.05, 0.1) is 17.0 Å². The Labute approximate surface area is 259 Å². The van der Waals surface area contributed by atoms with Crippen molar-refractivity contribution in [3.8, 4) is 34.1 Å². The number of halogens is 4. The summed E-state index contributed by atoms with van der Waals surface area (Å²) in [6.45, 7) is 3.51. The van der Waals surface area contributed by atoms with Crippen LogP contribution in [-0.2, 0) is 32.4 Å². The van der Waals surface area contributed by atoms with Crippen LogP contribution in [-0.4, -0.2) is 21.2 Å². The van der Waals surface area contributed by atoms with Crippen LogP contribution in [0.25, 0.3) is 22.6 Å². The van der Waals surface area contributed by atoms with E-state index in [-0.39, 0.29) is 18.9 Å². The summed E-state index contributed by atoms with van der Waals surface area (Å²) in [5.41, 5.74) is 3.51. The lowest BCUT2D eigenvalue weighted by Crippen LogP contribution is -2.25. The quantitative estimate of drug-likeness (QED) is 0.139. The molecule has 0 unspecified atom stereocenters. The van der Waals surface area contributed by atoms with E-state index in [1.807, 2.05) is 83.8 Å². The monoisotopic (exact) mass is 615 g/mol. The molecule has 0 amide bonds. The fraction of sp³-hybridized carbons (Fsp3) is 0.250. The number of ether oxygens (including phenoxy) is 2. The second-order valence-corrected chi connectivity index (χ2v) is 11.1. The maximum Gasteiger partial charge on any atom is 0.416 e. The average molecular weight is 616 g/mol. The molecular formula is C36H33F4N3O2. The molecule has 1 aliphatic heterocycles. The molecule has 1 aliphatic rings. The Balaban J connectivity index is 1.46. The van der Waals surface area contributed by atoms with E-state index < -0.39 is 17.6 Å². The van der Waals surface area contributed by atoms with Gasteiger partial charge in [-0.1, -0.05) is 80.1 Å². The highest BCUT2D eigenvalue weighted by atomic mass is 19.4. The van der Waals surface area contributed by atoms with E-state index in [0.717, 1.165) is 64.9 Å². The molecule has 2 heterocycles. The predicted octanol–water partition coefficient (Wildman–Crippen LogP) is 9.11. The normalized spacial score (nSPS) is 12.7. The van der Waals surface area contributed by atoms with E-state index in [9.17, 15) is 13.2 Å². The third-order valence-corrected chi connectivity index (χ3v) is 7.87. The van der Waals surface area contributed by atoms with Crippen molar-refractivity contribution < 1.29 is 27.0 Å². The molecule has 0 fully saturated rings. The minimum absolute atomic E-state index is 0.0327. The van der Waals surface area contributed by atoms with Crippen molar-refractivity contribution in [3.05, 3.63) is 125 Å². The van der Waals surface area contributed by atoms with Crippen LogP contribution >= 0.6 is 0 Å². The average Bonchev–Trinajstić information content (AvgIpc) is 3.65. The molecule has 0 saturated carbocycles. The van der Waals surface area contributed by atoms with Gasteiger partial charge in [0, 0.05) is 42.9 Å². The maximum atomic E-state index is 15.1. The van der Waals surface area contributed by atoms with Gasteiger partial charge in [-0.2, -0.15) is 13.2 Å². The first-order valence-electron chi connectivity index (χ1n) is 15.0. The lowest BCUT2D eigenvalue weighted by atomic mass is 10.1. The van der Waals surface area contributed by atoms with Gasteiger partial charge in [0.15, 0.2) is 11.5 Å². The van der Waals surface area contributed by atoms with Gasteiger partial charge in [0.1, 0.15) is 11.6 Å². The summed E-state index contributed by atoms with van der Waals surface area (Å²) in [6.07, 6.45) is -2.72. The molecule has 4 aromatic carbocycles. The third kappa shape index (κ3) is 6.88. The van der Waals surface area contributed by atoms with Crippen molar-refractivity contribution >= 4 is 0 Å². The molecule has 0 aliphatic carbocycles. The second kappa shape index (κ2) is 13.2. The zero-order valence-electron chi connectivity index (χ0n) is 24.9. The first-order valence-corrected chi connectivity index (χ1v) is 15.0. The number of hydrogen-bond donors (Lipinski definition) is 0. The van der Waals surface area contributed by atoms with Crippen LogP contribution in [0.4, 0.5) is 17.6 Å². The largest absolute Gasteiger partial charge is 0.454 e. The predicted molar refractivity (Wildman–Crippen MR) is 165 cm³/mol. The number of alkyl halides is 3. The van der Waals surface area contributed by atoms with Crippen LogP contribution in [0, 0.1) is 5.82 Å². The van der Waals surface area contributed by atoms with E-state index in [1.54, 1.807) is 0 Å². The standard InChI is InChI=1S/C36H33F4N3O2/c1-2-3-18-43-31(34(26-10-6-4-7-11-26)41-35(43)27-12-8-5-9-13-27)23-42(21-25-14-17-32-33(19-25)45-24-44-32)22-28-20-29(36(38,39)40)15-16-30(28)37/h4-17,19-20H,2-3,18,21-24H2,1H3. The summed E-state index contributed by atoms with van der Waals surface area (Å²) < 4.78 is 69.4. The summed E-state index contributed by atoms with van der Waals surface area (Å²) in [5.74, 6) is 1.35. The van der Waals surface area contributed by atoms with E-state index in [0.29, 0.717) is 31.1 Å². The van der Waals surface area contributed by atoms with Gasteiger partial charge in [-0.25, -0.2) is 9.37 Å². The van der Waals surface area contributed by atoms with Crippen molar-refractivity contribution in [2.45, 2.75) is 52.1 Å². The molecule has 0 bridgehead atoms. The van der Waals surface area contributed by atoms with Gasteiger partial charge in [0.25, 0.3) is 0 Å². The number of rotatable bonds is 11. The molecule has 0 atom stereocenters. The van der Waals surface area contributed by atoms with Crippen LogP contribution in [0.1, 0.15) is 42.1 Å². The van der Waals surface area contributed by atoms with Crippen molar-refractivity contribution in [3.63, 3.8) is 0 Å². The van der Waals surface area contributed by atoms with Crippen molar-refractivity contribution in [2.75, 3.05) is 6.79 Å². The molecule has 232 valence electrons. The van der Waals surface area contributed by atoms with E-state index in [2.05, 4.69) is 11.5 Å². The second-order valence-electron chi connectivity index (χ2n) is 11.1. The number of nitrogens with zero attached hydrogens (tertiary/aromatic N) is 3. The zero-order valence-corrected chi connectivity index (χ0v) is 24.9. The Morgan fingerprint density at radius 2 is 1.51 bits per heavy atom. The fourth-order valence-electron chi connectivity index (χ4n) is 5.63. The Kier molecular flexibility index (Phi) is 8.89. The number of fused-ring (bicyclic) bond motifs is 1. The molecule has 0 N–H and O–H groups in total. The number of hydrogen-bond acceptors (Lipinski definition) is 4. The Morgan fingerprint density at radius 1 is 0.800 bits per heavy atom. The molecule has 5 aromatic rings. The number of aromatic nitrogens is 2. The lowest BCUT2D eigenvalue weighted by molar-refractivity contribution is -0.137. The lowest BCUT2D eigenvalue weighted by Gasteiger charge is -2.25. The Hall–Kier alpha value is -4.63. The number of imidazole rings is 1. The summed E-state index contributed by atoms with van der Waals surface area (Å²) >= 11 is 0. The molecule has 0 radical (unpaired) electrons. The Bertz CT molecular complexity index is 1750. The van der Waals surface area contributed by atoms with Crippen molar-refractivity contribution in [1.82, 2.24) is 14.5 Å². The molecular weight excluding hydrogens is 582 g/mol. The van der Waals surface area contributed by atoms with Crippen LogP contribution in [0.2, 0.25) is 0 Å². The van der Waals surface area contributed by atoms with Crippen molar-refractivity contribution in [1.29, 1.82) is 0 Å². The van der Waals surface area contributed by atoms with Gasteiger partial charge in [-0.3, -0.25) is 4.90 Å². The molecule has 0 spiro atoms. The van der Waals surface area contributed by atoms with Gasteiger partial charge in [-0.05, 0) is 42.3 Å². The molecule has 6 rings (SSSR count). The zero-order chi connectivity index (χ0) is 31.4. The summed E-state index contributed by atoms with van der Waals surface area (Å²) in [5, 5.41) is 0. The first-order chi connectivity index (χ1) is 21.8. The molecule has 9 heteroatoms. The highest BCUT2D eigenvalue weighted by Crippen LogP contribution is 2.36. The topological polar surface area (TPSA) is 39.5 Å². The van der Waals surface area contributed by atoms with E-state index in [4.69, 9.17) is 14.5 Å². The number of unbranched alkanes of at least 4 members (excludes halogenated alkanes) is 1. The SMILES string of the molecule is CCCCn1c(-c2ccccc2)nc(-c2ccccc2)c1CN(Cc1ccc2c(c1)OCO2)Cc1cc(C(F)(F)F)ccc1F. The van der Waals surface area contributed by atoms with Crippen LogP contribution in [0.15, 0.2) is 97.1 Å². The van der Waals surface area contributed by atoms with E-state index in [1.165, 1.54) is 0 Å². The smallest absolute Gasteiger partial charge is 0.416 e. The summed E-state index contributed by atoms with van der Waals surface area (Å²) in [4.78, 5) is 7.11. The van der Waals surface area contributed by atoms with Crippen LogP contribution in [0.3, 0.4) is 0 Å². The van der Waals surface area contributed by atoms with Gasteiger partial charge in [0.2, 0.25) is 6.79 Å². The Morgan fingerprint density at radius 3 is 2.22 bits per heavy atom. The summed E-state index contributed by atoms with van der Waals surface area (Å²) in [7, 11) is 0. The molecule has 5 nitrogen and oxygen atoms in total. The number of benzene rings is 4. The third-order valence-electron chi connectivity index (χ3n) is 7.87.